The quantitative estimate of drug-likeness (QED) is 0.457. The lowest BCUT2D eigenvalue weighted by molar-refractivity contribution is -0.124. The van der Waals surface area contributed by atoms with Crippen LogP contribution in [-0.2, 0) is 21.4 Å². The van der Waals surface area contributed by atoms with Crippen LogP contribution in [0, 0.1) is 11.6 Å². The number of ether oxygens (including phenoxy) is 1. The number of sulfonamides is 1. The molecule has 15 heteroatoms. The van der Waals surface area contributed by atoms with Crippen molar-refractivity contribution >= 4 is 15.9 Å². The van der Waals surface area contributed by atoms with Crippen LogP contribution in [0.3, 0.4) is 0 Å². The number of hydrogen-bond donors (Lipinski definition) is 2. The monoisotopic (exact) mass is 590 g/mol. The number of carbonyl (C=O) groups is 1. The standard InChI is InChI=1S/C25H24F6N4O4S/c1-14-20(27)8-22(35(14)40(37,38)19-4-2-17(26)3-5-19)24(36)34-11-18-7-23(21(28)12-33-18)39-13-15-6-16(10-32-9-15)25(29,30)31/h2-7,10,12,14,20,22,32H,8-9,11,13H2,1H3,(H,34,36)/t14-,20+,22-/m0/s1. The summed E-state index contributed by atoms with van der Waals surface area (Å²) in [5, 5.41) is 4.93. The topological polar surface area (TPSA) is 101 Å². The molecule has 216 valence electrons. The molecule has 0 unspecified atom stereocenters. The number of amides is 1. The Labute approximate surface area is 225 Å². The van der Waals surface area contributed by atoms with Crippen molar-refractivity contribution in [3.8, 4) is 5.75 Å². The Morgan fingerprint density at radius 1 is 1.23 bits per heavy atom. The van der Waals surface area contributed by atoms with E-state index in [1.54, 1.807) is 0 Å². The van der Waals surface area contributed by atoms with Gasteiger partial charge in [0.2, 0.25) is 15.9 Å². The molecule has 1 fully saturated rings. The number of nitrogens with one attached hydrogen (secondary N) is 2. The molecule has 3 atom stereocenters. The van der Waals surface area contributed by atoms with E-state index in [1.807, 2.05) is 0 Å². The Morgan fingerprint density at radius 2 is 1.93 bits per heavy atom. The summed E-state index contributed by atoms with van der Waals surface area (Å²) in [5.41, 5.74) is -0.616. The second kappa shape index (κ2) is 11.5. The number of aromatic nitrogens is 1. The smallest absolute Gasteiger partial charge is 0.417 e. The van der Waals surface area contributed by atoms with E-state index in [0.717, 1.165) is 53.1 Å². The fraction of sp³-hybridized carbons (Fsp3) is 0.360. The second-order valence-electron chi connectivity index (χ2n) is 9.19. The number of pyridine rings is 1. The molecule has 2 aliphatic rings. The van der Waals surface area contributed by atoms with Gasteiger partial charge in [-0.25, -0.2) is 21.6 Å². The largest absolute Gasteiger partial charge is 0.486 e. The summed E-state index contributed by atoms with van der Waals surface area (Å²) in [5.74, 6) is -2.73. The van der Waals surface area contributed by atoms with Crippen LogP contribution >= 0.6 is 0 Å². The van der Waals surface area contributed by atoms with Gasteiger partial charge in [-0.05, 0) is 42.8 Å². The Balaban J connectivity index is 1.43. The molecule has 3 heterocycles. The minimum Gasteiger partial charge on any atom is -0.486 e. The van der Waals surface area contributed by atoms with Crippen molar-refractivity contribution in [2.45, 2.75) is 49.2 Å². The highest BCUT2D eigenvalue weighted by atomic mass is 32.2. The predicted octanol–water partition coefficient (Wildman–Crippen LogP) is 3.52. The van der Waals surface area contributed by atoms with E-state index in [9.17, 15) is 39.6 Å². The zero-order valence-corrected chi connectivity index (χ0v) is 21.7. The molecule has 0 aliphatic carbocycles. The highest BCUT2D eigenvalue weighted by Crippen LogP contribution is 2.33. The Kier molecular flexibility index (Phi) is 8.44. The molecule has 2 aromatic rings. The maximum absolute atomic E-state index is 14.6. The van der Waals surface area contributed by atoms with Gasteiger partial charge in [0.15, 0.2) is 11.6 Å². The number of halogens is 6. The van der Waals surface area contributed by atoms with Crippen LogP contribution in [0.25, 0.3) is 0 Å². The minimum absolute atomic E-state index is 0.0574. The molecule has 0 radical (unpaired) electrons. The lowest BCUT2D eigenvalue weighted by Gasteiger charge is -2.26. The van der Waals surface area contributed by atoms with Gasteiger partial charge in [0.25, 0.3) is 0 Å². The SMILES string of the molecule is C[C@H]1[C@H](F)C[C@@H](C(=O)NCc2cc(OCC3=CC(C(F)(F)F)=CNC3)c(F)cn2)N1S(=O)(=O)c1ccc(F)cc1. The number of rotatable bonds is 8. The summed E-state index contributed by atoms with van der Waals surface area (Å²) in [6.45, 7) is 0.699. The van der Waals surface area contributed by atoms with E-state index in [2.05, 4.69) is 15.6 Å². The first kappa shape index (κ1) is 29.4. The van der Waals surface area contributed by atoms with Crippen LogP contribution in [0.5, 0.6) is 5.75 Å². The van der Waals surface area contributed by atoms with Crippen LogP contribution in [0.4, 0.5) is 26.3 Å². The molecule has 0 spiro atoms. The fourth-order valence-electron chi connectivity index (χ4n) is 4.29. The Bertz CT molecular complexity index is 1430. The van der Waals surface area contributed by atoms with Crippen molar-refractivity contribution in [2.24, 2.45) is 0 Å². The van der Waals surface area contributed by atoms with E-state index < -0.39 is 64.0 Å². The second-order valence-corrected chi connectivity index (χ2v) is 11.0. The van der Waals surface area contributed by atoms with E-state index in [4.69, 9.17) is 4.74 Å². The van der Waals surface area contributed by atoms with Gasteiger partial charge in [-0.15, -0.1) is 0 Å². The summed E-state index contributed by atoms with van der Waals surface area (Å²) in [6, 6.07) is 2.44. The number of hydrogen-bond acceptors (Lipinski definition) is 6. The third-order valence-electron chi connectivity index (χ3n) is 6.38. The normalized spacial score (nSPS) is 21.8. The summed E-state index contributed by atoms with van der Waals surface area (Å²) < 4.78 is 113. The average molecular weight is 591 g/mol. The van der Waals surface area contributed by atoms with Crippen molar-refractivity contribution in [1.29, 1.82) is 0 Å². The fourth-order valence-corrected chi connectivity index (χ4v) is 6.10. The molecule has 1 aromatic heterocycles. The van der Waals surface area contributed by atoms with Gasteiger partial charge in [0, 0.05) is 25.2 Å². The molecule has 1 saturated heterocycles. The molecule has 1 aromatic carbocycles. The van der Waals surface area contributed by atoms with Crippen molar-refractivity contribution in [3.05, 3.63) is 77.3 Å². The third-order valence-corrected chi connectivity index (χ3v) is 8.39. The molecule has 0 bridgehead atoms. The number of carbonyl (C=O) groups excluding carboxylic acids is 1. The number of nitrogens with zero attached hydrogens (tertiary/aromatic N) is 2. The van der Waals surface area contributed by atoms with Gasteiger partial charge in [-0.1, -0.05) is 0 Å². The first-order chi connectivity index (χ1) is 18.8. The summed E-state index contributed by atoms with van der Waals surface area (Å²) in [7, 11) is -4.36. The lowest BCUT2D eigenvalue weighted by Crippen LogP contribution is -2.48. The Hall–Kier alpha value is -3.59. The number of benzene rings is 1. The summed E-state index contributed by atoms with van der Waals surface area (Å²) in [6.07, 6.45) is -4.13. The lowest BCUT2D eigenvalue weighted by atomic mass is 10.1. The molecular weight excluding hydrogens is 566 g/mol. The van der Waals surface area contributed by atoms with E-state index in [1.165, 1.54) is 6.92 Å². The molecule has 2 N–H and O–H groups in total. The van der Waals surface area contributed by atoms with E-state index >= 15 is 0 Å². The molecule has 2 aliphatic heterocycles. The zero-order chi connectivity index (χ0) is 29.2. The van der Waals surface area contributed by atoms with E-state index in [-0.39, 0.29) is 41.6 Å². The predicted molar refractivity (Wildman–Crippen MR) is 130 cm³/mol. The van der Waals surface area contributed by atoms with Gasteiger partial charge in [-0.3, -0.25) is 9.78 Å². The van der Waals surface area contributed by atoms with Gasteiger partial charge in [-0.2, -0.15) is 17.5 Å². The molecule has 0 saturated carbocycles. The molecule has 4 rings (SSSR count). The van der Waals surface area contributed by atoms with Crippen molar-refractivity contribution in [1.82, 2.24) is 19.9 Å². The Morgan fingerprint density at radius 3 is 2.60 bits per heavy atom. The molecule has 8 nitrogen and oxygen atoms in total. The van der Waals surface area contributed by atoms with Crippen LogP contribution < -0.4 is 15.4 Å². The third kappa shape index (κ3) is 6.41. The van der Waals surface area contributed by atoms with Gasteiger partial charge in [0.05, 0.1) is 34.9 Å². The van der Waals surface area contributed by atoms with Crippen LogP contribution in [-0.4, -0.2) is 61.2 Å². The minimum atomic E-state index is -4.57. The molecular formula is C25H24F6N4O4S. The number of alkyl halides is 4. The van der Waals surface area contributed by atoms with Crippen LogP contribution in [0.15, 0.2) is 64.8 Å². The zero-order valence-electron chi connectivity index (χ0n) is 20.9. The number of allylic oxidation sites excluding steroid dienone is 2. The highest BCUT2D eigenvalue weighted by Gasteiger charge is 2.49. The first-order valence-corrected chi connectivity index (χ1v) is 13.4. The van der Waals surface area contributed by atoms with Crippen molar-refractivity contribution in [2.75, 3.05) is 13.2 Å². The average Bonchev–Trinajstić information content (AvgIpc) is 3.22. The van der Waals surface area contributed by atoms with Crippen LogP contribution in [0.2, 0.25) is 0 Å². The van der Waals surface area contributed by atoms with Gasteiger partial charge in [0.1, 0.15) is 24.6 Å². The maximum Gasteiger partial charge on any atom is 0.417 e. The number of dihydropyridines is 1. The first-order valence-electron chi connectivity index (χ1n) is 12.0. The highest BCUT2D eigenvalue weighted by molar-refractivity contribution is 7.89. The maximum atomic E-state index is 14.6. The van der Waals surface area contributed by atoms with Gasteiger partial charge >= 0.3 is 6.18 Å². The summed E-state index contributed by atoms with van der Waals surface area (Å²) in [4.78, 5) is 16.5. The van der Waals surface area contributed by atoms with Crippen LogP contribution in [0.1, 0.15) is 19.0 Å². The summed E-state index contributed by atoms with van der Waals surface area (Å²) >= 11 is 0. The molecule has 40 heavy (non-hydrogen) atoms. The van der Waals surface area contributed by atoms with Crippen molar-refractivity contribution < 1.29 is 44.3 Å². The van der Waals surface area contributed by atoms with Gasteiger partial charge < -0.3 is 15.4 Å². The molecule has 1 amide bonds. The van der Waals surface area contributed by atoms with Crippen molar-refractivity contribution in [3.63, 3.8) is 0 Å². The van der Waals surface area contributed by atoms with E-state index in [0.29, 0.717) is 0 Å².